The molecule has 13 heteroatoms. The Morgan fingerprint density at radius 2 is 1.18 bits per heavy atom. The lowest BCUT2D eigenvalue weighted by atomic mass is 9.98. The van der Waals surface area contributed by atoms with Crippen molar-refractivity contribution in [2.45, 2.75) is 120 Å². The van der Waals surface area contributed by atoms with Gasteiger partial charge in [-0.15, -0.1) is 0 Å². The molecule has 0 bridgehead atoms. The van der Waals surface area contributed by atoms with Crippen LogP contribution in [0, 0.1) is 0 Å². The van der Waals surface area contributed by atoms with Gasteiger partial charge in [-0.3, -0.25) is 0 Å². The van der Waals surface area contributed by atoms with E-state index in [9.17, 15) is 35.7 Å². The van der Waals surface area contributed by atoms with Crippen molar-refractivity contribution >= 4 is 0 Å². The minimum atomic E-state index is -1.64. The van der Waals surface area contributed by atoms with Crippen molar-refractivity contribution in [3.63, 3.8) is 0 Å². The van der Waals surface area contributed by atoms with Gasteiger partial charge in [-0.2, -0.15) is 0 Å². The third-order valence-electron chi connectivity index (χ3n) is 6.69. The maximum absolute atomic E-state index is 10.4. The predicted molar refractivity (Wildman–Crippen MR) is 132 cm³/mol. The first-order valence-corrected chi connectivity index (χ1v) is 13.7. The van der Waals surface area contributed by atoms with Crippen LogP contribution in [0.5, 0.6) is 0 Å². The van der Waals surface area contributed by atoms with E-state index in [-0.39, 0.29) is 13.2 Å². The van der Waals surface area contributed by atoms with E-state index in [0.717, 1.165) is 38.5 Å². The highest BCUT2D eigenvalue weighted by Gasteiger charge is 2.47. The highest BCUT2D eigenvalue weighted by atomic mass is 16.7. The van der Waals surface area contributed by atoms with Crippen LogP contribution in [0.25, 0.3) is 0 Å². The Morgan fingerprint density at radius 3 is 1.79 bits per heavy atom. The van der Waals surface area contributed by atoms with Gasteiger partial charge in [0.05, 0.1) is 26.4 Å². The SMILES string of the molecule is CCCCCOC[C@H](CO[C@@H]1O[C@H](CO[C@H]2O[C@H](CO)[C@H](O)[C@H](O)[C@H]2O)[C@H](O)[C@H](O)[C@H]1O)OCCCCC. The van der Waals surface area contributed by atoms with Crippen LogP contribution in [-0.4, -0.2) is 143 Å². The van der Waals surface area contributed by atoms with Crippen molar-refractivity contribution in [1.82, 2.24) is 0 Å². The Balaban J connectivity index is 1.92. The average molecular weight is 557 g/mol. The molecule has 2 heterocycles. The van der Waals surface area contributed by atoms with Crippen LogP contribution in [0.2, 0.25) is 0 Å². The number of aliphatic hydroxyl groups excluding tert-OH is 7. The third kappa shape index (κ3) is 10.1. The summed E-state index contributed by atoms with van der Waals surface area (Å²) >= 11 is 0. The zero-order valence-corrected chi connectivity index (χ0v) is 22.4. The Labute approximate surface area is 224 Å². The molecule has 0 aromatic rings. The molecule has 0 aliphatic carbocycles. The van der Waals surface area contributed by atoms with E-state index >= 15 is 0 Å². The maximum atomic E-state index is 10.4. The van der Waals surface area contributed by atoms with Gasteiger partial charge in [0.2, 0.25) is 0 Å². The summed E-state index contributed by atoms with van der Waals surface area (Å²) in [5.74, 6) is 0. The molecule has 226 valence electrons. The number of aliphatic hydroxyl groups is 7. The Hall–Kier alpha value is -0.520. The number of rotatable bonds is 18. The molecular weight excluding hydrogens is 508 g/mol. The maximum Gasteiger partial charge on any atom is 0.186 e. The van der Waals surface area contributed by atoms with Crippen LogP contribution in [0.4, 0.5) is 0 Å². The molecule has 13 nitrogen and oxygen atoms in total. The summed E-state index contributed by atoms with van der Waals surface area (Å²) in [7, 11) is 0. The molecule has 11 atom stereocenters. The standard InChI is InChI=1S/C25H48O13/c1-3-5-7-9-33-12-15(34-10-8-6-4-2)13-35-24-23(32)21(30)19(28)17(38-24)14-36-25-22(31)20(29)18(27)16(11-26)37-25/h15-32H,3-14H2,1-2H3/t15-,16-,17-,18+,19+,20+,21+,22-,23-,24-,25+/m1/s1. The Bertz CT molecular complexity index is 612. The van der Waals surface area contributed by atoms with Crippen molar-refractivity contribution in [2.24, 2.45) is 0 Å². The van der Waals surface area contributed by atoms with Crippen LogP contribution in [-0.2, 0) is 28.4 Å². The molecule has 2 rings (SSSR count). The zero-order chi connectivity index (χ0) is 28.1. The molecule has 2 aliphatic rings. The van der Waals surface area contributed by atoms with E-state index in [2.05, 4.69) is 13.8 Å². The van der Waals surface area contributed by atoms with E-state index < -0.39 is 80.7 Å². The molecule has 0 saturated carbocycles. The molecule has 0 spiro atoms. The fraction of sp³-hybridized carbons (Fsp3) is 1.00. The summed E-state index contributed by atoms with van der Waals surface area (Å²) in [6, 6.07) is 0. The van der Waals surface area contributed by atoms with Gasteiger partial charge in [0, 0.05) is 13.2 Å². The first-order valence-electron chi connectivity index (χ1n) is 13.7. The van der Waals surface area contributed by atoms with Gasteiger partial charge in [-0.05, 0) is 12.8 Å². The summed E-state index contributed by atoms with van der Waals surface area (Å²) in [6.07, 6.45) is -9.09. The largest absolute Gasteiger partial charge is 0.394 e. The minimum Gasteiger partial charge on any atom is -0.394 e. The smallest absolute Gasteiger partial charge is 0.186 e. The first-order chi connectivity index (χ1) is 18.2. The molecule has 38 heavy (non-hydrogen) atoms. The van der Waals surface area contributed by atoms with E-state index in [4.69, 9.17) is 28.4 Å². The molecule has 0 aromatic heterocycles. The highest BCUT2D eigenvalue weighted by Crippen LogP contribution is 2.26. The number of hydrogen-bond donors (Lipinski definition) is 7. The number of hydrogen-bond acceptors (Lipinski definition) is 13. The first kappa shape index (κ1) is 33.7. The Kier molecular flexibility index (Phi) is 16.0. The van der Waals surface area contributed by atoms with Gasteiger partial charge in [-0.25, -0.2) is 0 Å². The van der Waals surface area contributed by atoms with Crippen molar-refractivity contribution < 1.29 is 64.2 Å². The van der Waals surface area contributed by atoms with Gasteiger partial charge >= 0.3 is 0 Å². The molecule has 0 unspecified atom stereocenters. The molecule has 0 amide bonds. The van der Waals surface area contributed by atoms with Gasteiger partial charge in [0.1, 0.15) is 54.9 Å². The van der Waals surface area contributed by atoms with Crippen LogP contribution >= 0.6 is 0 Å². The minimum absolute atomic E-state index is 0.00470. The molecule has 0 aromatic carbocycles. The van der Waals surface area contributed by atoms with Crippen molar-refractivity contribution in [2.75, 3.05) is 39.6 Å². The summed E-state index contributed by atoms with van der Waals surface area (Å²) in [4.78, 5) is 0. The monoisotopic (exact) mass is 556 g/mol. The van der Waals surface area contributed by atoms with Crippen molar-refractivity contribution in [3.05, 3.63) is 0 Å². The second-order valence-electron chi connectivity index (χ2n) is 9.86. The normalized spacial score (nSPS) is 36.9. The van der Waals surface area contributed by atoms with Crippen molar-refractivity contribution in [3.8, 4) is 0 Å². The average Bonchev–Trinajstić information content (AvgIpc) is 2.92. The zero-order valence-electron chi connectivity index (χ0n) is 22.4. The summed E-state index contributed by atoms with van der Waals surface area (Å²) in [6.45, 7) is 4.55. The van der Waals surface area contributed by atoms with Gasteiger partial charge in [-0.1, -0.05) is 39.5 Å². The fourth-order valence-electron chi connectivity index (χ4n) is 4.20. The van der Waals surface area contributed by atoms with E-state index in [1.165, 1.54) is 0 Å². The number of ether oxygens (including phenoxy) is 6. The lowest BCUT2D eigenvalue weighted by Crippen LogP contribution is -2.61. The lowest BCUT2D eigenvalue weighted by Gasteiger charge is -2.42. The quantitative estimate of drug-likeness (QED) is 0.0955. The summed E-state index contributed by atoms with van der Waals surface area (Å²) < 4.78 is 33.7. The van der Waals surface area contributed by atoms with E-state index in [0.29, 0.717) is 13.2 Å². The number of unbranched alkanes of at least 4 members (excludes halogenated alkanes) is 4. The molecule has 7 N–H and O–H groups in total. The summed E-state index contributed by atoms with van der Waals surface area (Å²) in [5, 5.41) is 70.5. The predicted octanol–water partition coefficient (Wildman–Crippen LogP) is -1.59. The third-order valence-corrected chi connectivity index (χ3v) is 6.69. The fourth-order valence-corrected chi connectivity index (χ4v) is 4.20. The lowest BCUT2D eigenvalue weighted by molar-refractivity contribution is -0.333. The highest BCUT2D eigenvalue weighted by molar-refractivity contribution is 4.91. The van der Waals surface area contributed by atoms with Crippen LogP contribution in [0.3, 0.4) is 0 Å². The van der Waals surface area contributed by atoms with E-state index in [1.54, 1.807) is 0 Å². The molecular formula is C25H48O13. The van der Waals surface area contributed by atoms with Crippen LogP contribution in [0.1, 0.15) is 52.4 Å². The van der Waals surface area contributed by atoms with Crippen molar-refractivity contribution in [1.29, 1.82) is 0 Å². The van der Waals surface area contributed by atoms with Gasteiger partial charge < -0.3 is 64.2 Å². The second kappa shape index (κ2) is 18.0. The molecule has 2 fully saturated rings. The van der Waals surface area contributed by atoms with Crippen LogP contribution < -0.4 is 0 Å². The van der Waals surface area contributed by atoms with E-state index in [1.807, 2.05) is 0 Å². The molecule has 2 aliphatic heterocycles. The van der Waals surface area contributed by atoms with Gasteiger partial charge in [0.15, 0.2) is 12.6 Å². The second-order valence-corrected chi connectivity index (χ2v) is 9.86. The molecule has 0 radical (unpaired) electrons. The topological polar surface area (TPSA) is 197 Å². The molecule has 2 saturated heterocycles. The van der Waals surface area contributed by atoms with Crippen LogP contribution in [0.15, 0.2) is 0 Å². The Morgan fingerprint density at radius 1 is 0.632 bits per heavy atom. The summed E-state index contributed by atoms with van der Waals surface area (Å²) in [5.41, 5.74) is 0. The van der Waals surface area contributed by atoms with Gasteiger partial charge in [0.25, 0.3) is 0 Å².